The van der Waals surface area contributed by atoms with E-state index < -0.39 is 0 Å². The third kappa shape index (κ3) is 4.17. The fourth-order valence-corrected chi connectivity index (χ4v) is 1.23. The van der Waals surface area contributed by atoms with Crippen LogP contribution >= 0.6 is 0 Å². The van der Waals surface area contributed by atoms with Gasteiger partial charge in [-0.15, -0.1) is 0 Å². The van der Waals surface area contributed by atoms with Gasteiger partial charge in [0.2, 0.25) is 0 Å². The first-order chi connectivity index (χ1) is 6.68. The maximum absolute atomic E-state index is 5.16. The lowest BCUT2D eigenvalue weighted by Crippen LogP contribution is -2.03. The highest BCUT2D eigenvalue weighted by Crippen LogP contribution is 2.12. The minimum Gasteiger partial charge on any atom is -0.456 e. The van der Waals surface area contributed by atoms with E-state index in [1.807, 2.05) is 6.08 Å². The number of hydrogen-bond acceptors (Lipinski definition) is 2. The van der Waals surface area contributed by atoms with Gasteiger partial charge in [0.05, 0.1) is 0 Å². The van der Waals surface area contributed by atoms with E-state index in [2.05, 4.69) is 26.8 Å². The molecule has 2 heteroatoms. The summed E-state index contributed by atoms with van der Waals surface area (Å²) in [5, 5.41) is 0. The van der Waals surface area contributed by atoms with E-state index in [1.165, 1.54) is 11.1 Å². The van der Waals surface area contributed by atoms with Crippen molar-refractivity contribution in [3.63, 3.8) is 0 Å². The van der Waals surface area contributed by atoms with Crippen molar-refractivity contribution in [1.29, 1.82) is 0 Å². The quantitative estimate of drug-likeness (QED) is 0.637. The number of allylic oxidation sites excluding steroid dienone is 3. The molecule has 78 valence electrons. The molecule has 0 aliphatic carbocycles. The van der Waals surface area contributed by atoms with Crippen LogP contribution in [0.5, 0.6) is 0 Å². The monoisotopic (exact) mass is 194 g/mol. The first-order valence-electron chi connectivity index (χ1n) is 4.95. The van der Waals surface area contributed by atoms with Gasteiger partial charge in [-0.3, -0.25) is 0 Å². The van der Waals surface area contributed by atoms with Gasteiger partial charge in [0.25, 0.3) is 6.29 Å². The van der Waals surface area contributed by atoms with Gasteiger partial charge in [-0.25, -0.2) is 0 Å². The Bertz CT molecular complexity index is 249. The van der Waals surface area contributed by atoms with E-state index in [9.17, 15) is 0 Å². The summed E-state index contributed by atoms with van der Waals surface area (Å²) in [7, 11) is 0. The van der Waals surface area contributed by atoms with Crippen molar-refractivity contribution in [1.82, 2.24) is 0 Å². The van der Waals surface area contributed by atoms with Gasteiger partial charge in [0.15, 0.2) is 0 Å². The second kappa shape index (κ2) is 5.53. The second-order valence-electron chi connectivity index (χ2n) is 3.75. The smallest absolute Gasteiger partial charge is 0.259 e. The number of hydrogen-bond donors (Lipinski definition) is 0. The van der Waals surface area contributed by atoms with Crippen LogP contribution in [0.1, 0.15) is 33.6 Å². The van der Waals surface area contributed by atoms with Gasteiger partial charge in [-0.1, -0.05) is 17.2 Å². The third-order valence-electron chi connectivity index (χ3n) is 1.99. The molecule has 0 radical (unpaired) electrons. The molecule has 1 heterocycles. The largest absolute Gasteiger partial charge is 0.456 e. The van der Waals surface area contributed by atoms with E-state index >= 15 is 0 Å². The Morgan fingerprint density at radius 1 is 1.21 bits per heavy atom. The van der Waals surface area contributed by atoms with Crippen LogP contribution in [-0.4, -0.2) is 6.29 Å². The van der Waals surface area contributed by atoms with E-state index in [4.69, 9.17) is 9.47 Å². The van der Waals surface area contributed by atoms with Crippen LogP contribution in [0.4, 0.5) is 0 Å². The summed E-state index contributed by atoms with van der Waals surface area (Å²) in [4.78, 5) is 0. The van der Waals surface area contributed by atoms with Crippen LogP contribution in [0.15, 0.2) is 35.8 Å². The Balaban J connectivity index is 2.26. The fraction of sp³-hybridized carbons (Fsp3) is 0.500. The van der Waals surface area contributed by atoms with Crippen molar-refractivity contribution in [2.45, 2.75) is 39.9 Å². The van der Waals surface area contributed by atoms with Gasteiger partial charge in [0.1, 0.15) is 12.5 Å². The number of rotatable bonds is 4. The lowest BCUT2D eigenvalue weighted by Gasteiger charge is -2.06. The minimum atomic E-state index is -0.207. The highest BCUT2D eigenvalue weighted by molar-refractivity contribution is 5.04. The molecule has 14 heavy (non-hydrogen) atoms. The lowest BCUT2D eigenvalue weighted by molar-refractivity contribution is 0.0184. The van der Waals surface area contributed by atoms with Gasteiger partial charge >= 0.3 is 0 Å². The van der Waals surface area contributed by atoms with Crippen LogP contribution < -0.4 is 0 Å². The Labute approximate surface area is 85.9 Å². The standard InChI is InChI=1S/C12H18O2/c1-10(2)5-4-6-11(3)9-12-13-7-8-14-12/h5,7-9,12H,4,6H2,1-3H3/b11-9-. The zero-order valence-corrected chi connectivity index (χ0v) is 9.12. The molecule has 0 aromatic carbocycles. The van der Waals surface area contributed by atoms with Gasteiger partial charge in [0, 0.05) is 0 Å². The predicted octanol–water partition coefficient (Wildman–Crippen LogP) is 3.52. The van der Waals surface area contributed by atoms with Crippen LogP contribution in [0.25, 0.3) is 0 Å². The van der Waals surface area contributed by atoms with Crippen molar-refractivity contribution in [2.24, 2.45) is 0 Å². The van der Waals surface area contributed by atoms with Crippen molar-refractivity contribution in [2.75, 3.05) is 0 Å². The van der Waals surface area contributed by atoms with E-state index in [0.29, 0.717) is 0 Å². The summed E-state index contributed by atoms with van der Waals surface area (Å²) in [5.74, 6) is 0. The Morgan fingerprint density at radius 2 is 1.86 bits per heavy atom. The molecular formula is C12H18O2. The Kier molecular flexibility index (Phi) is 4.30. The Morgan fingerprint density at radius 3 is 2.43 bits per heavy atom. The molecule has 0 bridgehead atoms. The average molecular weight is 194 g/mol. The molecule has 1 aliphatic heterocycles. The molecule has 2 nitrogen and oxygen atoms in total. The average Bonchev–Trinajstić information content (AvgIpc) is 2.56. The zero-order chi connectivity index (χ0) is 10.4. The molecular weight excluding hydrogens is 176 g/mol. The zero-order valence-electron chi connectivity index (χ0n) is 9.12. The molecule has 0 aromatic heterocycles. The summed E-state index contributed by atoms with van der Waals surface area (Å²) in [6, 6.07) is 0. The van der Waals surface area contributed by atoms with Crippen LogP contribution in [-0.2, 0) is 9.47 Å². The molecule has 0 saturated heterocycles. The van der Waals surface area contributed by atoms with Crippen molar-refractivity contribution >= 4 is 0 Å². The summed E-state index contributed by atoms with van der Waals surface area (Å²) in [5.41, 5.74) is 2.67. The first-order valence-corrected chi connectivity index (χ1v) is 4.95. The lowest BCUT2D eigenvalue weighted by atomic mass is 10.1. The summed E-state index contributed by atoms with van der Waals surface area (Å²) in [6.07, 6.45) is 9.35. The molecule has 0 spiro atoms. The van der Waals surface area contributed by atoms with Gasteiger partial charge in [-0.2, -0.15) is 0 Å². The van der Waals surface area contributed by atoms with E-state index in [-0.39, 0.29) is 6.29 Å². The van der Waals surface area contributed by atoms with Crippen LogP contribution in [0.2, 0.25) is 0 Å². The van der Waals surface area contributed by atoms with Crippen molar-refractivity contribution in [3.8, 4) is 0 Å². The maximum atomic E-state index is 5.16. The molecule has 1 aliphatic rings. The molecule has 1 rings (SSSR count). The maximum Gasteiger partial charge on any atom is 0.259 e. The third-order valence-corrected chi connectivity index (χ3v) is 1.99. The van der Waals surface area contributed by atoms with E-state index in [1.54, 1.807) is 12.5 Å². The van der Waals surface area contributed by atoms with Gasteiger partial charge in [-0.05, 0) is 39.7 Å². The molecule has 0 saturated carbocycles. The Hall–Kier alpha value is -1.18. The molecule has 0 unspecified atom stereocenters. The predicted molar refractivity (Wildman–Crippen MR) is 57.5 cm³/mol. The first kappa shape index (κ1) is 10.9. The molecule has 0 amide bonds. The molecule has 0 aromatic rings. The van der Waals surface area contributed by atoms with Crippen molar-refractivity contribution < 1.29 is 9.47 Å². The van der Waals surface area contributed by atoms with Crippen LogP contribution in [0.3, 0.4) is 0 Å². The van der Waals surface area contributed by atoms with Crippen molar-refractivity contribution in [3.05, 3.63) is 35.8 Å². The molecule has 0 fully saturated rings. The molecule has 0 N–H and O–H groups in total. The van der Waals surface area contributed by atoms with E-state index in [0.717, 1.165) is 12.8 Å². The minimum absolute atomic E-state index is 0.207. The topological polar surface area (TPSA) is 18.5 Å². The summed E-state index contributed by atoms with van der Waals surface area (Å²) < 4.78 is 10.3. The summed E-state index contributed by atoms with van der Waals surface area (Å²) in [6.45, 7) is 6.34. The fourth-order valence-electron chi connectivity index (χ4n) is 1.23. The normalized spacial score (nSPS) is 16.4. The molecule has 0 atom stereocenters. The highest BCUT2D eigenvalue weighted by atomic mass is 16.7. The summed E-state index contributed by atoms with van der Waals surface area (Å²) >= 11 is 0. The SMILES string of the molecule is CC(C)=CCC/C(C)=C\C1OC=CO1. The number of ether oxygens (including phenoxy) is 2. The second-order valence-corrected chi connectivity index (χ2v) is 3.75. The van der Waals surface area contributed by atoms with Gasteiger partial charge < -0.3 is 9.47 Å². The van der Waals surface area contributed by atoms with Crippen LogP contribution in [0, 0.1) is 0 Å². The highest BCUT2D eigenvalue weighted by Gasteiger charge is 2.07.